The van der Waals surface area contributed by atoms with Crippen molar-refractivity contribution in [2.75, 3.05) is 13.7 Å². The number of carbonyl (C=O) groups excluding carboxylic acids is 1. The number of hydrogen-bond acceptors (Lipinski definition) is 4. The Balaban J connectivity index is 1.70. The highest BCUT2D eigenvalue weighted by atomic mass is 35.5. The van der Waals surface area contributed by atoms with E-state index in [4.69, 9.17) is 16.3 Å². The van der Waals surface area contributed by atoms with Crippen LogP contribution >= 0.6 is 11.6 Å². The van der Waals surface area contributed by atoms with Gasteiger partial charge in [0.15, 0.2) is 0 Å². The molecule has 4 rings (SSSR count). The van der Waals surface area contributed by atoms with Crippen LogP contribution in [0.2, 0.25) is 5.02 Å². The number of imidazole rings is 1. The topological polar surface area (TPSA) is 76.0 Å². The number of halogens is 1. The molecule has 1 aliphatic rings. The predicted octanol–water partition coefficient (Wildman–Crippen LogP) is 3.00. The molecule has 0 bridgehead atoms. The first-order chi connectivity index (χ1) is 13.1. The average Bonchev–Trinajstić information content (AvgIpc) is 3.35. The maximum Gasteiger partial charge on any atom is 0.247 e. The highest BCUT2D eigenvalue weighted by Gasteiger charge is 2.36. The number of rotatable bonds is 4. The second-order valence-corrected chi connectivity index (χ2v) is 6.97. The van der Waals surface area contributed by atoms with Crippen LogP contribution in [0.4, 0.5) is 0 Å². The lowest BCUT2D eigenvalue weighted by molar-refractivity contribution is -0.136. The van der Waals surface area contributed by atoms with Gasteiger partial charge >= 0.3 is 0 Å². The second kappa shape index (κ2) is 7.08. The van der Waals surface area contributed by atoms with E-state index in [1.807, 2.05) is 36.1 Å². The zero-order chi connectivity index (χ0) is 19.0. The van der Waals surface area contributed by atoms with E-state index in [9.17, 15) is 4.79 Å². The first kappa shape index (κ1) is 17.6. The third-order valence-electron chi connectivity index (χ3n) is 4.96. The minimum atomic E-state index is -0.459. The number of aromatic amines is 1. The van der Waals surface area contributed by atoms with Crippen molar-refractivity contribution in [1.82, 2.24) is 24.6 Å². The second-order valence-electron chi connectivity index (χ2n) is 6.54. The first-order valence-corrected chi connectivity index (χ1v) is 9.12. The molecular weight excluding hydrogens is 366 g/mol. The van der Waals surface area contributed by atoms with Gasteiger partial charge in [-0.15, -0.1) is 0 Å². The Kier molecular flexibility index (Phi) is 4.61. The third-order valence-corrected chi connectivity index (χ3v) is 5.16. The molecule has 1 aliphatic heterocycles. The fraction of sp³-hybridized carbons (Fsp3) is 0.316. The normalized spacial score (nSPS) is 17.4. The Labute approximate surface area is 161 Å². The summed E-state index contributed by atoms with van der Waals surface area (Å²) in [5.41, 5.74) is 2.93. The number of H-pyrrole nitrogens is 1. The largest absolute Gasteiger partial charge is 0.497 e. The van der Waals surface area contributed by atoms with Gasteiger partial charge in [-0.2, -0.15) is 5.10 Å². The van der Waals surface area contributed by atoms with Gasteiger partial charge in [-0.05, 0) is 24.6 Å². The van der Waals surface area contributed by atoms with Crippen molar-refractivity contribution in [3.8, 4) is 5.75 Å². The van der Waals surface area contributed by atoms with Gasteiger partial charge in [0.2, 0.25) is 5.91 Å². The number of nitrogens with one attached hydrogen (secondary N) is 1. The predicted molar refractivity (Wildman–Crippen MR) is 101 cm³/mol. The molecule has 140 valence electrons. The molecule has 8 heteroatoms. The van der Waals surface area contributed by atoms with Gasteiger partial charge in [0.25, 0.3) is 0 Å². The molecule has 0 aliphatic carbocycles. The number of carbonyl (C=O) groups is 1. The van der Waals surface area contributed by atoms with E-state index in [0.717, 1.165) is 29.1 Å². The van der Waals surface area contributed by atoms with Gasteiger partial charge in [0.05, 0.1) is 30.4 Å². The summed E-state index contributed by atoms with van der Waals surface area (Å²) < 4.78 is 6.85. The average molecular weight is 386 g/mol. The van der Waals surface area contributed by atoms with E-state index in [-0.39, 0.29) is 11.9 Å². The molecule has 1 amide bonds. The van der Waals surface area contributed by atoms with Gasteiger partial charge in [-0.25, -0.2) is 4.98 Å². The van der Waals surface area contributed by atoms with Crippen molar-refractivity contribution in [1.29, 1.82) is 0 Å². The fourth-order valence-corrected chi connectivity index (χ4v) is 3.66. The third kappa shape index (κ3) is 3.19. The van der Waals surface area contributed by atoms with Crippen molar-refractivity contribution >= 4 is 17.5 Å². The summed E-state index contributed by atoms with van der Waals surface area (Å²) in [7, 11) is 1.63. The molecule has 0 unspecified atom stereocenters. The summed E-state index contributed by atoms with van der Waals surface area (Å²) in [6, 6.07) is 7.03. The van der Waals surface area contributed by atoms with Crippen molar-refractivity contribution < 1.29 is 9.53 Å². The Morgan fingerprint density at radius 1 is 1.37 bits per heavy atom. The number of aromatic nitrogens is 4. The number of nitrogens with zero attached hydrogens (tertiary/aromatic N) is 4. The molecule has 3 aromatic rings. The summed E-state index contributed by atoms with van der Waals surface area (Å²) in [6.45, 7) is 2.43. The number of amides is 1. The Bertz CT molecular complexity index is 949. The summed E-state index contributed by atoms with van der Waals surface area (Å²) in [4.78, 5) is 22.9. The van der Waals surface area contributed by atoms with Gasteiger partial charge < -0.3 is 14.6 Å². The molecule has 2 atom stereocenters. The van der Waals surface area contributed by atoms with E-state index in [1.165, 1.54) is 6.20 Å². The molecule has 0 spiro atoms. The van der Waals surface area contributed by atoms with E-state index >= 15 is 0 Å². The number of benzene rings is 1. The molecule has 0 fully saturated rings. The van der Waals surface area contributed by atoms with Crippen molar-refractivity contribution in [3.05, 3.63) is 65.0 Å². The molecule has 7 nitrogen and oxygen atoms in total. The van der Waals surface area contributed by atoms with E-state index in [2.05, 4.69) is 15.1 Å². The first-order valence-electron chi connectivity index (χ1n) is 8.74. The van der Waals surface area contributed by atoms with Gasteiger partial charge in [0, 0.05) is 24.9 Å². The Morgan fingerprint density at radius 2 is 2.15 bits per heavy atom. The maximum atomic E-state index is 13.3. The monoisotopic (exact) mass is 385 g/mol. The van der Waals surface area contributed by atoms with Gasteiger partial charge in [0.1, 0.15) is 17.8 Å². The molecule has 1 aromatic carbocycles. The summed E-state index contributed by atoms with van der Waals surface area (Å²) >= 11 is 5.97. The van der Waals surface area contributed by atoms with Gasteiger partial charge in [-0.3, -0.25) is 9.48 Å². The van der Waals surface area contributed by atoms with Crippen LogP contribution in [-0.2, 0) is 11.2 Å². The summed E-state index contributed by atoms with van der Waals surface area (Å²) in [5.74, 6) is 0.749. The number of hydrogen-bond donors (Lipinski definition) is 1. The van der Waals surface area contributed by atoms with E-state index < -0.39 is 6.04 Å². The highest BCUT2D eigenvalue weighted by Crippen LogP contribution is 2.35. The number of ether oxygens (including phenoxy) is 1. The smallest absolute Gasteiger partial charge is 0.247 e. The van der Waals surface area contributed by atoms with E-state index in [0.29, 0.717) is 11.6 Å². The highest BCUT2D eigenvalue weighted by molar-refractivity contribution is 6.30. The molecule has 0 radical (unpaired) electrons. The number of methoxy groups -OCH3 is 1. The van der Waals surface area contributed by atoms with Crippen molar-refractivity contribution in [3.63, 3.8) is 0 Å². The lowest BCUT2D eigenvalue weighted by Crippen LogP contribution is -2.43. The lowest BCUT2D eigenvalue weighted by Gasteiger charge is -2.36. The van der Waals surface area contributed by atoms with Crippen LogP contribution in [0.25, 0.3) is 0 Å². The zero-order valence-corrected chi connectivity index (χ0v) is 15.8. The molecule has 2 aromatic heterocycles. The molecule has 3 heterocycles. The Hall–Kier alpha value is -2.80. The molecule has 0 saturated carbocycles. The van der Waals surface area contributed by atoms with Crippen LogP contribution in [-0.4, -0.2) is 44.2 Å². The quantitative estimate of drug-likeness (QED) is 0.749. The summed E-state index contributed by atoms with van der Waals surface area (Å²) in [5, 5.41) is 4.69. The molecule has 1 N–H and O–H groups in total. The van der Waals surface area contributed by atoms with Crippen LogP contribution < -0.4 is 4.74 Å². The van der Waals surface area contributed by atoms with E-state index in [1.54, 1.807) is 24.3 Å². The lowest BCUT2D eigenvalue weighted by atomic mass is 9.95. The molecular formula is C19H20ClN5O2. The van der Waals surface area contributed by atoms with Crippen LogP contribution in [0.15, 0.2) is 43.0 Å². The fourth-order valence-electron chi connectivity index (χ4n) is 3.52. The van der Waals surface area contributed by atoms with Gasteiger partial charge in [-0.1, -0.05) is 23.7 Å². The molecule has 27 heavy (non-hydrogen) atoms. The zero-order valence-electron chi connectivity index (χ0n) is 15.1. The SMILES string of the molecule is COc1ccc([C@H]2c3nc[nH]c3CCN2C(=O)[C@H](C)n2cc(Cl)cn2)cc1. The van der Waals surface area contributed by atoms with Crippen LogP contribution in [0.5, 0.6) is 5.75 Å². The molecule has 0 saturated heterocycles. The van der Waals surface area contributed by atoms with Crippen LogP contribution in [0, 0.1) is 0 Å². The van der Waals surface area contributed by atoms with Crippen LogP contribution in [0.1, 0.15) is 36.0 Å². The summed E-state index contributed by atoms with van der Waals surface area (Å²) in [6.07, 6.45) is 5.62. The van der Waals surface area contributed by atoms with Crippen LogP contribution in [0.3, 0.4) is 0 Å². The maximum absolute atomic E-state index is 13.3. The van der Waals surface area contributed by atoms with Crippen molar-refractivity contribution in [2.24, 2.45) is 0 Å². The number of fused-ring (bicyclic) bond motifs is 1. The Morgan fingerprint density at radius 3 is 2.81 bits per heavy atom. The minimum Gasteiger partial charge on any atom is -0.497 e. The van der Waals surface area contributed by atoms with Crippen molar-refractivity contribution in [2.45, 2.75) is 25.4 Å². The standard InChI is InChI=1S/C19H20ClN5O2/c1-12(25-10-14(20)9-23-25)19(26)24-8-7-16-17(22-11-21-16)18(24)13-3-5-15(27-2)6-4-13/h3-6,9-12,18H,7-8H2,1-2H3,(H,21,22)/t12-,18-/m0/s1. The minimum absolute atomic E-state index is 0.0239.